The predicted molar refractivity (Wildman–Crippen MR) is 58.7 cm³/mol. The summed E-state index contributed by atoms with van der Waals surface area (Å²) in [5.74, 6) is 0. The Labute approximate surface area is 90.0 Å². The normalized spacial score (nSPS) is 10.5. The van der Waals surface area contributed by atoms with E-state index in [1.807, 2.05) is 0 Å². The standard InChI is InChI=1S/C9H10N4OS/c10-3-1-8-12-13-9(15-8)6-5-11-4-2-7(6)14/h2,4-5H,1,3,10H2,(H,11,14). The summed E-state index contributed by atoms with van der Waals surface area (Å²) < 4.78 is 0. The Hall–Kier alpha value is -1.53. The Balaban J connectivity index is 2.38. The highest BCUT2D eigenvalue weighted by atomic mass is 32.1. The Morgan fingerprint density at radius 1 is 1.47 bits per heavy atom. The maximum absolute atomic E-state index is 11.5. The van der Waals surface area contributed by atoms with Gasteiger partial charge in [0.05, 0.1) is 5.56 Å². The van der Waals surface area contributed by atoms with Gasteiger partial charge in [0, 0.05) is 24.9 Å². The van der Waals surface area contributed by atoms with E-state index in [4.69, 9.17) is 5.73 Å². The summed E-state index contributed by atoms with van der Waals surface area (Å²) in [4.78, 5) is 14.3. The SMILES string of the molecule is NCCc1nnc(-c2c[nH]ccc2=O)s1. The van der Waals surface area contributed by atoms with Gasteiger partial charge >= 0.3 is 0 Å². The molecule has 0 aliphatic carbocycles. The van der Waals surface area contributed by atoms with Crippen molar-refractivity contribution in [3.8, 4) is 10.6 Å². The molecule has 0 fully saturated rings. The van der Waals surface area contributed by atoms with E-state index >= 15 is 0 Å². The topological polar surface area (TPSA) is 84.7 Å². The zero-order valence-electron chi connectivity index (χ0n) is 7.93. The predicted octanol–water partition coefficient (Wildman–Crippen LogP) is 0.395. The van der Waals surface area contributed by atoms with Crippen LogP contribution in [0.3, 0.4) is 0 Å². The first-order valence-corrected chi connectivity index (χ1v) is 5.33. The molecule has 5 nitrogen and oxygen atoms in total. The van der Waals surface area contributed by atoms with Crippen LogP contribution in [-0.2, 0) is 6.42 Å². The first kappa shape index (κ1) is 10.0. The van der Waals surface area contributed by atoms with Crippen LogP contribution in [0, 0.1) is 0 Å². The van der Waals surface area contributed by atoms with Crippen LogP contribution in [0.15, 0.2) is 23.3 Å². The molecule has 0 spiro atoms. The summed E-state index contributed by atoms with van der Waals surface area (Å²) >= 11 is 1.40. The van der Waals surface area contributed by atoms with Crippen molar-refractivity contribution in [1.82, 2.24) is 15.2 Å². The average Bonchev–Trinajstić information content (AvgIpc) is 2.68. The van der Waals surface area contributed by atoms with Gasteiger partial charge < -0.3 is 10.7 Å². The Kier molecular flexibility index (Phi) is 2.89. The molecule has 15 heavy (non-hydrogen) atoms. The van der Waals surface area contributed by atoms with Crippen molar-refractivity contribution in [2.45, 2.75) is 6.42 Å². The molecule has 0 aromatic carbocycles. The second-order valence-electron chi connectivity index (χ2n) is 2.96. The summed E-state index contributed by atoms with van der Waals surface area (Å²) in [5.41, 5.74) is 5.91. The minimum absolute atomic E-state index is 0.0517. The van der Waals surface area contributed by atoms with Gasteiger partial charge in [0.2, 0.25) is 0 Å². The molecule has 0 amide bonds. The van der Waals surface area contributed by atoms with Gasteiger partial charge in [-0.15, -0.1) is 10.2 Å². The minimum Gasteiger partial charge on any atom is -0.367 e. The van der Waals surface area contributed by atoms with Crippen LogP contribution in [0.25, 0.3) is 10.6 Å². The molecular weight excluding hydrogens is 212 g/mol. The van der Waals surface area contributed by atoms with E-state index in [9.17, 15) is 4.79 Å². The maximum Gasteiger partial charge on any atom is 0.191 e. The Bertz CT molecular complexity index is 505. The highest BCUT2D eigenvalue weighted by Gasteiger charge is 2.08. The Morgan fingerprint density at radius 3 is 3.07 bits per heavy atom. The van der Waals surface area contributed by atoms with Crippen molar-refractivity contribution >= 4 is 11.3 Å². The van der Waals surface area contributed by atoms with E-state index in [-0.39, 0.29) is 5.43 Å². The van der Waals surface area contributed by atoms with Gasteiger partial charge in [-0.25, -0.2) is 0 Å². The Morgan fingerprint density at radius 2 is 2.33 bits per heavy atom. The number of H-pyrrole nitrogens is 1. The van der Waals surface area contributed by atoms with Crippen LogP contribution >= 0.6 is 11.3 Å². The van der Waals surface area contributed by atoms with Crippen LogP contribution in [-0.4, -0.2) is 21.7 Å². The largest absolute Gasteiger partial charge is 0.367 e. The quantitative estimate of drug-likeness (QED) is 0.787. The minimum atomic E-state index is -0.0517. The zero-order chi connectivity index (χ0) is 10.7. The fourth-order valence-electron chi connectivity index (χ4n) is 1.17. The number of nitrogens with zero attached hydrogens (tertiary/aromatic N) is 2. The lowest BCUT2D eigenvalue weighted by Crippen LogP contribution is -2.02. The fourth-order valence-corrected chi connectivity index (χ4v) is 2.05. The van der Waals surface area contributed by atoms with E-state index in [1.165, 1.54) is 17.4 Å². The van der Waals surface area contributed by atoms with E-state index in [1.54, 1.807) is 12.4 Å². The van der Waals surface area contributed by atoms with Gasteiger partial charge in [0.1, 0.15) is 5.01 Å². The summed E-state index contributed by atoms with van der Waals surface area (Å²) in [6.07, 6.45) is 3.92. The molecular formula is C9H10N4OS. The lowest BCUT2D eigenvalue weighted by Gasteiger charge is -1.91. The van der Waals surface area contributed by atoms with Crippen LogP contribution < -0.4 is 11.2 Å². The van der Waals surface area contributed by atoms with Crippen molar-refractivity contribution in [2.24, 2.45) is 5.73 Å². The molecule has 2 heterocycles. The van der Waals surface area contributed by atoms with Crippen LogP contribution in [0.5, 0.6) is 0 Å². The third-order valence-electron chi connectivity index (χ3n) is 1.88. The van der Waals surface area contributed by atoms with E-state index in [0.29, 0.717) is 23.5 Å². The third-order valence-corrected chi connectivity index (χ3v) is 2.90. The first-order chi connectivity index (χ1) is 7.31. The molecule has 0 saturated heterocycles. The molecule has 3 N–H and O–H groups in total. The first-order valence-electron chi connectivity index (χ1n) is 4.51. The number of hydrogen-bond donors (Lipinski definition) is 2. The fraction of sp³-hybridized carbons (Fsp3) is 0.222. The summed E-state index contributed by atoms with van der Waals surface area (Å²) in [5, 5.41) is 9.41. The van der Waals surface area contributed by atoms with Crippen molar-refractivity contribution in [1.29, 1.82) is 0 Å². The molecule has 2 aromatic heterocycles. The van der Waals surface area contributed by atoms with Crippen molar-refractivity contribution in [2.75, 3.05) is 6.54 Å². The number of nitrogens with one attached hydrogen (secondary N) is 1. The number of nitrogens with two attached hydrogens (primary N) is 1. The van der Waals surface area contributed by atoms with E-state index < -0.39 is 0 Å². The number of hydrogen-bond acceptors (Lipinski definition) is 5. The molecule has 0 aliphatic rings. The van der Waals surface area contributed by atoms with Crippen molar-refractivity contribution < 1.29 is 0 Å². The second-order valence-corrected chi connectivity index (χ2v) is 4.02. The number of pyridine rings is 1. The van der Waals surface area contributed by atoms with Gasteiger partial charge in [-0.3, -0.25) is 4.79 Å². The van der Waals surface area contributed by atoms with Gasteiger partial charge in [-0.1, -0.05) is 11.3 Å². The van der Waals surface area contributed by atoms with Gasteiger partial charge in [0.15, 0.2) is 10.4 Å². The molecule has 0 radical (unpaired) electrons. The molecule has 0 atom stereocenters. The highest BCUT2D eigenvalue weighted by molar-refractivity contribution is 7.14. The zero-order valence-corrected chi connectivity index (χ0v) is 8.75. The number of rotatable bonds is 3. The van der Waals surface area contributed by atoms with Crippen LogP contribution in [0.4, 0.5) is 0 Å². The maximum atomic E-state index is 11.5. The molecule has 2 rings (SSSR count). The van der Waals surface area contributed by atoms with Crippen molar-refractivity contribution in [3.05, 3.63) is 33.7 Å². The van der Waals surface area contributed by atoms with E-state index in [2.05, 4.69) is 15.2 Å². The molecule has 0 aliphatic heterocycles. The summed E-state index contributed by atoms with van der Waals surface area (Å²) in [7, 11) is 0. The lowest BCUT2D eigenvalue weighted by atomic mass is 10.3. The van der Waals surface area contributed by atoms with Gasteiger partial charge in [0.25, 0.3) is 0 Å². The smallest absolute Gasteiger partial charge is 0.191 e. The lowest BCUT2D eigenvalue weighted by molar-refractivity contribution is 0.913. The van der Waals surface area contributed by atoms with E-state index in [0.717, 1.165) is 5.01 Å². The van der Waals surface area contributed by atoms with Gasteiger partial charge in [-0.05, 0) is 6.54 Å². The van der Waals surface area contributed by atoms with Crippen molar-refractivity contribution in [3.63, 3.8) is 0 Å². The molecule has 0 unspecified atom stereocenters. The number of aromatic nitrogens is 3. The average molecular weight is 222 g/mol. The molecule has 2 aromatic rings. The van der Waals surface area contributed by atoms with Gasteiger partial charge in [-0.2, -0.15) is 0 Å². The monoisotopic (exact) mass is 222 g/mol. The van der Waals surface area contributed by atoms with Crippen LogP contribution in [0.1, 0.15) is 5.01 Å². The molecule has 0 bridgehead atoms. The molecule has 0 saturated carbocycles. The second kappa shape index (κ2) is 4.33. The van der Waals surface area contributed by atoms with Crippen LogP contribution in [0.2, 0.25) is 0 Å². The summed E-state index contributed by atoms with van der Waals surface area (Å²) in [6.45, 7) is 0.541. The molecule has 78 valence electrons. The highest BCUT2D eigenvalue weighted by Crippen LogP contribution is 2.19. The number of aromatic amines is 1. The third kappa shape index (κ3) is 2.11. The summed E-state index contributed by atoms with van der Waals surface area (Å²) in [6, 6.07) is 1.47. The molecule has 6 heteroatoms.